The number of piperidine rings is 1. The lowest BCUT2D eigenvalue weighted by Gasteiger charge is -2.41. The van der Waals surface area contributed by atoms with Crippen LogP contribution in [0.5, 0.6) is 0 Å². The Kier molecular flexibility index (Phi) is 3.49. The van der Waals surface area contributed by atoms with Crippen molar-refractivity contribution >= 4 is 34.1 Å². The molecule has 154 valence electrons. The van der Waals surface area contributed by atoms with E-state index in [9.17, 15) is 9.59 Å². The molecule has 0 saturated carbocycles. The molecule has 2 N–H and O–H groups in total. The van der Waals surface area contributed by atoms with E-state index in [0.717, 1.165) is 33.3 Å². The lowest BCUT2D eigenvalue weighted by Crippen LogP contribution is -2.46. The SMILES string of the molecule is O=C1c2ccc3ccccc3c2NC2C=C3C(=O)C4C=Cc5ccccc5C4NC3=CC12. The summed E-state index contributed by atoms with van der Waals surface area (Å²) in [5.41, 5.74) is 5.29. The minimum atomic E-state index is -0.339. The van der Waals surface area contributed by atoms with E-state index in [-0.39, 0.29) is 35.5 Å². The van der Waals surface area contributed by atoms with Crippen molar-refractivity contribution in [1.82, 2.24) is 5.32 Å². The molecule has 4 heteroatoms. The van der Waals surface area contributed by atoms with Crippen LogP contribution in [0.2, 0.25) is 0 Å². The Hall–Kier alpha value is -3.92. The quantitative estimate of drug-likeness (QED) is 0.552. The van der Waals surface area contributed by atoms with Crippen LogP contribution >= 0.6 is 0 Å². The Bertz CT molecular complexity index is 1440. The molecule has 7 rings (SSSR count). The molecule has 1 saturated heterocycles. The van der Waals surface area contributed by atoms with Gasteiger partial charge in [-0.05, 0) is 34.7 Å². The third-order valence-corrected chi connectivity index (χ3v) is 7.23. The van der Waals surface area contributed by atoms with Crippen molar-refractivity contribution in [3.8, 4) is 0 Å². The third kappa shape index (κ3) is 2.32. The Morgan fingerprint density at radius 2 is 1.59 bits per heavy atom. The molecule has 3 aromatic rings. The van der Waals surface area contributed by atoms with Gasteiger partial charge in [-0.15, -0.1) is 0 Å². The van der Waals surface area contributed by atoms with Gasteiger partial charge in [0.15, 0.2) is 11.6 Å². The van der Waals surface area contributed by atoms with Crippen molar-refractivity contribution < 1.29 is 9.59 Å². The molecule has 4 nitrogen and oxygen atoms in total. The zero-order valence-electron chi connectivity index (χ0n) is 17.2. The Labute approximate surface area is 185 Å². The number of Topliss-reactive ketones (excluding diaryl/α,β-unsaturated/α-hetero) is 2. The largest absolute Gasteiger partial charge is 0.377 e. The van der Waals surface area contributed by atoms with E-state index in [1.54, 1.807) is 0 Å². The van der Waals surface area contributed by atoms with Crippen molar-refractivity contribution in [3.63, 3.8) is 0 Å². The highest BCUT2D eigenvalue weighted by atomic mass is 16.1. The van der Waals surface area contributed by atoms with Crippen molar-refractivity contribution in [1.29, 1.82) is 0 Å². The number of fused-ring (bicyclic) bond motifs is 8. The van der Waals surface area contributed by atoms with Crippen LogP contribution < -0.4 is 10.6 Å². The lowest BCUT2D eigenvalue weighted by molar-refractivity contribution is -0.119. The number of hydrogen-bond acceptors (Lipinski definition) is 4. The minimum Gasteiger partial charge on any atom is -0.377 e. The monoisotopic (exact) mass is 416 g/mol. The molecule has 2 aliphatic heterocycles. The van der Waals surface area contributed by atoms with E-state index >= 15 is 0 Å². The van der Waals surface area contributed by atoms with E-state index < -0.39 is 0 Å². The molecule has 4 atom stereocenters. The lowest BCUT2D eigenvalue weighted by atomic mass is 9.72. The Balaban J connectivity index is 1.33. The van der Waals surface area contributed by atoms with Gasteiger partial charge in [-0.25, -0.2) is 0 Å². The second-order valence-corrected chi connectivity index (χ2v) is 8.93. The third-order valence-electron chi connectivity index (χ3n) is 7.23. The summed E-state index contributed by atoms with van der Waals surface area (Å²) in [6, 6.07) is 19.8. The van der Waals surface area contributed by atoms with Gasteiger partial charge in [0.1, 0.15) is 0 Å². The maximum absolute atomic E-state index is 13.5. The summed E-state index contributed by atoms with van der Waals surface area (Å²) in [5, 5.41) is 9.29. The van der Waals surface area contributed by atoms with Crippen LogP contribution in [-0.4, -0.2) is 17.6 Å². The van der Waals surface area contributed by atoms with Gasteiger partial charge in [-0.2, -0.15) is 0 Å². The fourth-order valence-corrected chi connectivity index (χ4v) is 5.65. The maximum atomic E-state index is 13.5. The summed E-state index contributed by atoms with van der Waals surface area (Å²) >= 11 is 0. The highest BCUT2D eigenvalue weighted by Crippen LogP contribution is 2.44. The van der Waals surface area contributed by atoms with E-state index in [0.29, 0.717) is 11.1 Å². The van der Waals surface area contributed by atoms with Crippen LogP contribution in [0, 0.1) is 11.8 Å². The number of allylic oxidation sites excluding steroid dienone is 1. The molecule has 2 aliphatic carbocycles. The topological polar surface area (TPSA) is 58.2 Å². The Morgan fingerprint density at radius 3 is 2.53 bits per heavy atom. The summed E-state index contributed by atoms with van der Waals surface area (Å²) in [7, 11) is 0. The van der Waals surface area contributed by atoms with E-state index in [1.165, 1.54) is 0 Å². The fourth-order valence-electron chi connectivity index (χ4n) is 5.65. The summed E-state index contributed by atoms with van der Waals surface area (Å²) in [4.78, 5) is 27.0. The van der Waals surface area contributed by atoms with Crippen LogP contribution in [0.25, 0.3) is 16.8 Å². The van der Waals surface area contributed by atoms with Gasteiger partial charge in [0.05, 0.1) is 29.6 Å². The maximum Gasteiger partial charge on any atom is 0.174 e. The zero-order valence-corrected chi connectivity index (χ0v) is 17.2. The second-order valence-electron chi connectivity index (χ2n) is 8.93. The number of carbonyl (C=O) groups excluding carboxylic acids is 2. The van der Waals surface area contributed by atoms with E-state index in [1.807, 2.05) is 72.8 Å². The van der Waals surface area contributed by atoms with Gasteiger partial charge in [0, 0.05) is 22.2 Å². The van der Waals surface area contributed by atoms with Gasteiger partial charge >= 0.3 is 0 Å². The number of anilines is 1. The van der Waals surface area contributed by atoms with Gasteiger partial charge in [0.2, 0.25) is 0 Å². The van der Waals surface area contributed by atoms with Crippen LogP contribution in [-0.2, 0) is 4.79 Å². The molecule has 2 heterocycles. The average molecular weight is 416 g/mol. The molecule has 4 aliphatic rings. The fraction of sp³-hybridized carbons (Fsp3) is 0.143. The van der Waals surface area contributed by atoms with Crippen LogP contribution in [0.3, 0.4) is 0 Å². The molecule has 0 aromatic heterocycles. The highest BCUT2D eigenvalue weighted by molar-refractivity contribution is 6.14. The van der Waals surface area contributed by atoms with Crippen LogP contribution in [0.4, 0.5) is 5.69 Å². The first-order chi connectivity index (χ1) is 15.7. The van der Waals surface area contributed by atoms with Crippen molar-refractivity contribution in [2.75, 3.05) is 5.32 Å². The predicted molar refractivity (Wildman–Crippen MR) is 125 cm³/mol. The predicted octanol–water partition coefficient (Wildman–Crippen LogP) is 4.81. The number of benzene rings is 3. The standard InChI is InChI=1S/C28H20N2O2/c31-27-19-11-9-15-5-1-3-7-17(15)25(19)29-23-13-22-24(14-21(23)27)30-26-18-8-4-2-6-16(18)10-12-20(26)28(22)32/h1-14,19,22,24-25,29-30H. The smallest absolute Gasteiger partial charge is 0.174 e. The summed E-state index contributed by atoms with van der Waals surface area (Å²) in [6.07, 6.45) is 7.97. The minimum absolute atomic E-state index is 0.0950. The molecular weight excluding hydrogens is 396 g/mol. The zero-order chi connectivity index (χ0) is 21.4. The number of hydrogen-bond donors (Lipinski definition) is 2. The molecular formula is C28H20N2O2. The normalized spacial score (nSPS) is 27.0. The first-order valence-electron chi connectivity index (χ1n) is 11.0. The van der Waals surface area contributed by atoms with Crippen LogP contribution in [0.15, 0.2) is 90.2 Å². The van der Waals surface area contributed by atoms with Crippen molar-refractivity contribution in [2.24, 2.45) is 11.8 Å². The second kappa shape index (κ2) is 6.30. The Morgan fingerprint density at radius 1 is 0.750 bits per heavy atom. The molecule has 0 spiro atoms. The van der Waals surface area contributed by atoms with E-state index in [4.69, 9.17) is 0 Å². The van der Waals surface area contributed by atoms with Crippen molar-refractivity contribution in [3.05, 3.63) is 107 Å². The van der Waals surface area contributed by atoms with Gasteiger partial charge in [0.25, 0.3) is 0 Å². The highest BCUT2D eigenvalue weighted by Gasteiger charge is 2.44. The summed E-state index contributed by atoms with van der Waals surface area (Å²) in [6.45, 7) is 0. The molecule has 4 unspecified atom stereocenters. The van der Waals surface area contributed by atoms with E-state index in [2.05, 4.69) is 22.8 Å². The van der Waals surface area contributed by atoms with Gasteiger partial charge in [-0.3, -0.25) is 9.59 Å². The summed E-state index contributed by atoms with van der Waals surface area (Å²) < 4.78 is 0. The molecule has 3 aromatic carbocycles. The first-order valence-corrected chi connectivity index (χ1v) is 11.0. The summed E-state index contributed by atoms with van der Waals surface area (Å²) in [5.74, 6) is -0.370. The number of rotatable bonds is 0. The molecule has 0 amide bonds. The van der Waals surface area contributed by atoms with Gasteiger partial charge < -0.3 is 10.6 Å². The number of carbonyl (C=O) groups is 2. The molecule has 0 radical (unpaired) electrons. The average Bonchev–Trinajstić information content (AvgIpc) is 2.83. The molecule has 0 bridgehead atoms. The molecule has 1 fully saturated rings. The number of nitrogens with one attached hydrogen (secondary N) is 2. The van der Waals surface area contributed by atoms with Gasteiger partial charge in [-0.1, -0.05) is 66.7 Å². The van der Waals surface area contributed by atoms with Crippen LogP contribution in [0.1, 0.15) is 27.5 Å². The number of ketones is 2. The molecule has 32 heavy (non-hydrogen) atoms. The first kappa shape index (κ1) is 17.7. The van der Waals surface area contributed by atoms with Crippen molar-refractivity contribution in [2.45, 2.75) is 12.1 Å².